The lowest BCUT2D eigenvalue weighted by Gasteiger charge is -2.20. The first kappa shape index (κ1) is 9.12. The third kappa shape index (κ3) is 2.07. The Kier molecular flexibility index (Phi) is 2.93. The van der Waals surface area contributed by atoms with Gasteiger partial charge in [0.2, 0.25) is 0 Å². The highest BCUT2D eigenvalue weighted by atomic mass is 32.1. The molecule has 1 aliphatic rings. The second-order valence-corrected chi connectivity index (χ2v) is 4.30. The Morgan fingerprint density at radius 3 is 2.92 bits per heavy atom. The van der Waals surface area contributed by atoms with E-state index >= 15 is 0 Å². The number of hydrogen-bond acceptors (Lipinski definition) is 4. The van der Waals surface area contributed by atoms with Crippen molar-refractivity contribution in [1.29, 1.82) is 0 Å². The van der Waals surface area contributed by atoms with E-state index in [0.29, 0.717) is 12.5 Å². The number of nitrogens with one attached hydrogen (secondary N) is 1. The molecule has 13 heavy (non-hydrogen) atoms. The molecule has 0 aliphatic carbocycles. The van der Waals surface area contributed by atoms with Crippen LogP contribution >= 0.6 is 11.3 Å². The van der Waals surface area contributed by atoms with Crippen LogP contribution in [0.15, 0.2) is 5.38 Å². The molecule has 1 fully saturated rings. The Morgan fingerprint density at radius 2 is 2.31 bits per heavy atom. The lowest BCUT2D eigenvalue weighted by Crippen LogP contribution is -2.26. The zero-order valence-electron chi connectivity index (χ0n) is 7.62. The monoisotopic (exact) mass is 197 g/mol. The maximum atomic E-state index is 5.52. The van der Waals surface area contributed by atoms with Gasteiger partial charge in [-0.1, -0.05) is 0 Å². The van der Waals surface area contributed by atoms with Crippen molar-refractivity contribution in [2.75, 3.05) is 13.1 Å². The summed E-state index contributed by atoms with van der Waals surface area (Å²) in [6.07, 6.45) is 2.44. The molecule has 3 N–H and O–H groups in total. The van der Waals surface area contributed by atoms with Crippen LogP contribution in [-0.4, -0.2) is 18.1 Å². The minimum atomic E-state index is 0.571. The minimum Gasteiger partial charge on any atom is -0.325 e. The summed E-state index contributed by atoms with van der Waals surface area (Å²) >= 11 is 1.76. The van der Waals surface area contributed by atoms with Gasteiger partial charge < -0.3 is 11.1 Å². The van der Waals surface area contributed by atoms with Crippen LogP contribution in [0.4, 0.5) is 0 Å². The van der Waals surface area contributed by atoms with Crippen molar-refractivity contribution in [2.24, 2.45) is 5.73 Å². The fourth-order valence-corrected chi connectivity index (χ4v) is 2.68. The number of thiazole rings is 1. The third-order valence-electron chi connectivity index (χ3n) is 2.47. The average molecular weight is 197 g/mol. The van der Waals surface area contributed by atoms with E-state index in [-0.39, 0.29) is 0 Å². The second kappa shape index (κ2) is 4.17. The Labute approximate surface area is 82.4 Å². The number of rotatable bonds is 2. The molecule has 0 atom stereocenters. The summed E-state index contributed by atoms with van der Waals surface area (Å²) in [5.74, 6) is 0.673. The first-order valence-electron chi connectivity index (χ1n) is 4.75. The SMILES string of the molecule is NCc1csc(C2CCNCC2)n1. The van der Waals surface area contributed by atoms with Gasteiger partial charge >= 0.3 is 0 Å². The maximum absolute atomic E-state index is 5.52. The molecular formula is C9H15N3S. The lowest BCUT2D eigenvalue weighted by atomic mass is 9.99. The van der Waals surface area contributed by atoms with Gasteiger partial charge in [0.1, 0.15) is 0 Å². The molecule has 0 saturated carbocycles. The van der Waals surface area contributed by atoms with Crippen LogP contribution in [-0.2, 0) is 6.54 Å². The molecular weight excluding hydrogens is 182 g/mol. The molecule has 0 unspecified atom stereocenters. The quantitative estimate of drug-likeness (QED) is 0.745. The summed E-state index contributed by atoms with van der Waals surface area (Å²) in [5, 5.41) is 6.72. The van der Waals surface area contributed by atoms with Gasteiger partial charge in [0.05, 0.1) is 10.7 Å². The van der Waals surface area contributed by atoms with Crippen LogP contribution in [0.1, 0.15) is 29.5 Å². The van der Waals surface area contributed by atoms with E-state index in [9.17, 15) is 0 Å². The van der Waals surface area contributed by atoms with Crippen molar-refractivity contribution < 1.29 is 0 Å². The van der Waals surface area contributed by atoms with Crippen molar-refractivity contribution in [1.82, 2.24) is 10.3 Å². The summed E-state index contributed by atoms with van der Waals surface area (Å²) < 4.78 is 0. The maximum Gasteiger partial charge on any atom is 0.0960 e. The van der Waals surface area contributed by atoms with Gasteiger partial charge in [-0.05, 0) is 25.9 Å². The van der Waals surface area contributed by atoms with E-state index in [1.807, 2.05) is 0 Å². The molecule has 72 valence electrons. The molecule has 2 rings (SSSR count). The zero-order valence-corrected chi connectivity index (χ0v) is 8.44. The molecule has 3 nitrogen and oxygen atoms in total. The largest absolute Gasteiger partial charge is 0.325 e. The number of piperidine rings is 1. The van der Waals surface area contributed by atoms with Crippen LogP contribution < -0.4 is 11.1 Å². The molecule has 0 amide bonds. The first-order chi connectivity index (χ1) is 6.40. The van der Waals surface area contributed by atoms with Gasteiger partial charge in [-0.15, -0.1) is 11.3 Å². The summed E-state index contributed by atoms with van der Waals surface area (Å²) in [6, 6.07) is 0. The van der Waals surface area contributed by atoms with Gasteiger partial charge in [0.15, 0.2) is 0 Å². The van der Waals surface area contributed by atoms with E-state index in [4.69, 9.17) is 5.73 Å². The van der Waals surface area contributed by atoms with E-state index in [2.05, 4.69) is 15.7 Å². The topological polar surface area (TPSA) is 50.9 Å². The third-order valence-corrected chi connectivity index (χ3v) is 3.52. The van der Waals surface area contributed by atoms with Gasteiger partial charge in [0, 0.05) is 17.8 Å². The number of aromatic nitrogens is 1. The molecule has 0 spiro atoms. The summed E-state index contributed by atoms with van der Waals surface area (Å²) in [7, 11) is 0. The molecule has 1 aromatic rings. The van der Waals surface area contributed by atoms with Gasteiger partial charge in [-0.2, -0.15) is 0 Å². The molecule has 1 aromatic heterocycles. The Bertz CT molecular complexity index is 266. The van der Waals surface area contributed by atoms with Crippen molar-refractivity contribution in [3.05, 3.63) is 16.1 Å². The number of nitrogens with two attached hydrogens (primary N) is 1. The second-order valence-electron chi connectivity index (χ2n) is 3.41. The first-order valence-corrected chi connectivity index (χ1v) is 5.63. The highest BCUT2D eigenvalue weighted by Gasteiger charge is 2.17. The molecule has 0 bridgehead atoms. The van der Waals surface area contributed by atoms with E-state index in [0.717, 1.165) is 18.8 Å². The minimum absolute atomic E-state index is 0.571. The van der Waals surface area contributed by atoms with E-state index < -0.39 is 0 Å². The van der Waals surface area contributed by atoms with Crippen LogP contribution in [0.5, 0.6) is 0 Å². The Morgan fingerprint density at radius 1 is 1.54 bits per heavy atom. The highest BCUT2D eigenvalue weighted by Crippen LogP contribution is 2.27. The fourth-order valence-electron chi connectivity index (χ4n) is 1.67. The average Bonchev–Trinajstić information content (AvgIpc) is 2.67. The smallest absolute Gasteiger partial charge is 0.0960 e. The summed E-state index contributed by atoms with van der Waals surface area (Å²) in [6.45, 7) is 2.83. The fraction of sp³-hybridized carbons (Fsp3) is 0.667. The van der Waals surface area contributed by atoms with Gasteiger partial charge in [-0.25, -0.2) is 4.98 Å². The lowest BCUT2D eigenvalue weighted by molar-refractivity contribution is 0.458. The summed E-state index contributed by atoms with van der Waals surface area (Å²) in [5.41, 5.74) is 6.56. The van der Waals surface area contributed by atoms with Crippen molar-refractivity contribution in [3.8, 4) is 0 Å². The molecule has 4 heteroatoms. The predicted molar refractivity (Wildman–Crippen MR) is 54.9 cm³/mol. The van der Waals surface area contributed by atoms with Gasteiger partial charge in [-0.3, -0.25) is 0 Å². The van der Waals surface area contributed by atoms with Crippen molar-refractivity contribution in [3.63, 3.8) is 0 Å². The van der Waals surface area contributed by atoms with Crippen LogP contribution in [0.2, 0.25) is 0 Å². The van der Waals surface area contributed by atoms with Gasteiger partial charge in [0.25, 0.3) is 0 Å². The molecule has 1 aliphatic heterocycles. The molecule has 2 heterocycles. The van der Waals surface area contributed by atoms with E-state index in [1.165, 1.54) is 17.8 Å². The number of hydrogen-bond donors (Lipinski definition) is 2. The Balaban J connectivity index is 2.05. The van der Waals surface area contributed by atoms with Crippen molar-refractivity contribution >= 4 is 11.3 Å². The summed E-state index contributed by atoms with van der Waals surface area (Å²) in [4.78, 5) is 4.52. The Hall–Kier alpha value is -0.450. The van der Waals surface area contributed by atoms with Crippen LogP contribution in [0.25, 0.3) is 0 Å². The zero-order chi connectivity index (χ0) is 9.10. The molecule has 0 radical (unpaired) electrons. The van der Waals surface area contributed by atoms with E-state index in [1.54, 1.807) is 11.3 Å². The number of nitrogens with zero attached hydrogens (tertiary/aromatic N) is 1. The molecule has 0 aromatic carbocycles. The molecule has 1 saturated heterocycles. The normalized spacial score (nSPS) is 19.2. The van der Waals surface area contributed by atoms with Crippen LogP contribution in [0, 0.1) is 0 Å². The highest BCUT2D eigenvalue weighted by molar-refractivity contribution is 7.09. The standard InChI is InChI=1S/C9H15N3S/c10-5-8-6-13-9(12-8)7-1-3-11-4-2-7/h6-7,11H,1-5,10H2. The predicted octanol–water partition coefficient (Wildman–Crippen LogP) is 1.07. The van der Waals surface area contributed by atoms with Crippen LogP contribution in [0.3, 0.4) is 0 Å². The van der Waals surface area contributed by atoms with Crippen molar-refractivity contribution in [2.45, 2.75) is 25.3 Å².